The van der Waals surface area contributed by atoms with Gasteiger partial charge in [-0.25, -0.2) is 0 Å². The van der Waals surface area contributed by atoms with Crippen LogP contribution >= 0.6 is 0 Å². The number of hydrogen-bond donors (Lipinski definition) is 2. The number of ether oxygens (including phenoxy) is 1. The lowest BCUT2D eigenvalue weighted by molar-refractivity contribution is -0.137. The Labute approximate surface area is 133 Å². The minimum Gasteiger partial charge on any atom is -0.491 e. The van der Waals surface area contributed by atoms with Crippen LogP contribution in [0, 0.1) is 5.41 Å². The third-order valence-electron chi connectivity index (χ3n) is 2.83. The lowest BCUT2D eigenvalue weighted by atomic mass is 9.92. The number of alkyl halides is 3. The molecule has 0 aromatic heterocycles. The van der Waals surface area contributed by atoms with E-state index < -0.39 is 17.8 Å². The van der Waals surface area contributed by atoms with E-state index >= 15 is 0 Å². The Bertz CT molecular complexity index is 524. The third-order valence-corrected chi connectivity index (χ3v) is 2.83. The number of rotatable bonds is 6. The van der Waals surface area contributed by atoms with Crippen molar-refractivity contribution in [2.75, 3.05) is 13.2 Å². The van der Waals surface area contributed by atoms with Crippen molar-refractivity contribution in [1.29, 1.82) is 0 Å². The number of amides is 1. The molecule has 0 saturated carbocycles. The normalized spacial score (nSPS) is 13.5. The summed E-state index contributed by atoms with van der Waals surface area (Å²) in [6.45, 7) is 5.52. The number of hydrogen-bond acceptors (Lipinski definition) is 3. The van der Waals surface area contributed by atoms with Crippen LogP contribution in [0.2, 0.25) is 0 Å². The van der Waals surface area contributed by atoms with E-state index in [-0.39, 0.29) is 30.2 Å². The zero-order chi connectivity index (χ0) is 17.7. The highest BCUT2D eigenvalue weighted by Gasteiger charge is 2.30. The highest BCUT2D eigenvalue weighted by atomic mass is 19.4. The fourth-order valence-corrected chi connectivity index (χ4v) is 1.79. The lowest BCUT2D eigenvalue weighted by Gasteiger charge is -2.18. The summed E-state index contributed by atoms with van der Waals surface area (Å²) in [4.78, 5) is 11.6. The van der Waals surface area contributed by atoms with Gasteiger partial charge in [0.15, 0.2) is 0 Å². The molecule has 0 spiro atoms. The van der Waals surface area contributed by atoms with Crippen molar-refractivity contribution in [2.45, 2.75) is 39.5 Å². The molecule has 1 aromatic carbocycles. The monoisotopic (exact) mass is 333 g/mol. The van der Waals surface area contributed by atoms with Gasteiger partial charge in [0.2, 0.25) is 5.91 Å². The first-order chi connectivity index (χ1) is 10.5. The molecule has 0 bridgehead atoms. The quantitative estimate of drug-likeness (QED) is 0.841. The average Bonchev–Trinajstić information content (AvgIpc) is 2.40. The van der Waals surface area contributed by atoms with Gasteiger partial charge < -0.3 is 15.2 Å². The molecule has 23 heavy (non-hydrogen) atoms. The lowest BCUT2D eigenvalue weighted by Crippen LogP contribution is -2.36. The van der Waals surface area contributed by atoms with Crippen LogP contribution in [0.5, 0.6) is 5.75 Å². The molecule has 1 atom stereocenters. The number of halogens is 3. The van der Waals surface area contributed by atoms with Gasteiger partial charge >= 0.3 is 6.18 Å². The van der Waals surface area contributed by atoms with Crippen molar-refractivity contribution in [3.63, 3.8) is 0 Å². The smallest absolute Gasteiger partial charge is 0.416 e. The Morgan fingerprint density at radius 3 is 2.52 bits per heavy atom. The molecule has 1 amide bonds. The highest BCUT2D eigenvalue weighted by molar-refractivity contribution is 5.76. The number of nitrogens with one attached hydrogen (secondary N) is 1. The topological polar surface area (TPSA) is 58.6 Å². The van der Waals surface area contributed by atoms with E-state index in [1.54, 1.807) is 0 Å². The van der Waals surface area contributed by atoms with Crippen LogP contribution in [0.25, 0.3) is 0 Å². The van der Waals surface area contributed by atoms with Gasteiger partial charge in [0.05, 0.1) is 5.56 Å². The number of aliphatic hydroxyl groups excluding tert-OH is 1. The molecule has 7 heteroatoms. The second-order valence-electron chi connectivity index (χ2n) is 6.53. The molecule has 1 rings (SSSR count). The molecule has 0 aliphatic heterocycles. The first-order valence-corrected chi connectivity index (χ1v) is 7.22. The highest BCUT2D eigenvalue weighted by Crippen LogP contribution is 2.31. The van der Waals surface area contributed by atoms with Crippen LogP contribution in [-0.2, 0) is 11.0 Å². The maximum atomic E-state index is 12.6. The Balaban J connectivity index is 2.42. The standard InChI is InChI=1S/C16H22F3NO3/c1-15(2,3)8-14(22)20-9-12(21)10-23-13-6-4-5-11(7-13)16(17,18)19/h4-7,12,21H,8-10H2,1-3H3,(H,20,22). The first kappa shape index (κ1) is 19.3. The molecular formula is C16H22F3NO3. The van der Waals surface area contributed by atoms with Crippen LogP contribution in [0.3, 0.4) is 0 Å². The summed E-state index contributed by atoms with van der Waals surface area (Å²) >= 11 is 0. The summed E-state index contributed by atoms with van der Waals surface area (Å²) in [5.74, 6) is -0.185. The Hall–Kier alpha value is -1.76. The van der Waals surface area contributed by atoms with Crippen molar-refractivity contribution >= 4 is 5.91 Å². The second-order valence-corrected chi connectivity index (χ2v) is 6.53. The van der Waals surface area contributed by atoms with Crippen molar-refractivity contribution in [1.82, 2.24) is 5.32 Å². The molecule has 1 aromatic rings. The molecule has 130 valence electrons. The summed E-state index contributed by atoms with van der Waals surface area (Å²) in [5.41, 5.74) is -0.980. The Morgan fingerprint density at radius 1 is 1.30 bits per heavy atom. The van der Waals surface area contributed by atoms with E-state index in [2.05, 4.69) is 5.32 Å². The molecule has 0 aliphatic rings. The number of carbonyl (C=O) groups is 1. The van der Waals surface area contributed by atoms with E-state index in [1.165, 1.54) is 12.1 Å². The van der Waals surface area contributed by atoms with Crippen LogP contribution in [0.4, 0.5) is 13.2 Å². The molecule has 0 saturated heterocycles. The Kier molecular flexibility index (Phi) is 6.44. The van der Waals surface area contributed by atoms with Gasteiger partial charge in [-0.15, -0.1) is 0 Å². The fourth-order valence-electron chi connectivity index (χ4n) is 1.79. The van der Waals surface area contributed by atoms with Gasteiger partial charge in [-0.3, -0.25) is 4.79 Å². The van der Waals surface area contributed by atoms with Gasteiger partial charge in [-0.05, 0) is 23.6 Å². The number of carbonyl (C=O) groups excluding carboxylic acids is 1. The molecule has 0 aliphatic carbocycles. The van der Waals surface area contributed by atoms with E-state index in [0.29, 0.717) is 6.42 Å². The van der Waals surface area contributed by atoms with Crippen molar-refractivity contribution in [2.24, 2.45) is 5.41 Å². The van der Waals surface area contributed by atoms with E-state index in [9.17, 15) is 23.1 Å². The van der Waals surface area contributed by atoms with Gasteiger partial charge in [-0.2, -0.15) is 13.2 Å². The maximum Gasteiger partial charge on any atom is 0.416 e. The average molecular weight is 333 g/mol. The van der Waals surface area contributed by atoms with Crippen molar-refractivity contribution < 1.29 is 27.8 Å². The van der Waals surface area contributed by atoms with Crippen LogP contribution in [0.1, 0.15) is 32.8 Å². The predicted molar refractivity (Wildman–Crippen MR) is 80.0 cm³/mol. The predicted octanol–water partition coefficient (Wildman–Crippen LogP) is 3.00. The van der Waals surface area contributed by atoms with E-state index in [1.807, 2.05) is 20.8 Å². The van der Waals surface area contributed by atoms with Crippen molar-refractivity contribution in [3.8, 4) is 5.75 Å². The molecule has 0 fully saturated rings. The van der Waals surface area contributed by atoms with Gasteiger partial charge in [-0.1, -0.05) is 26.8 Å². The fraction of sp³-hybridized carbons (Fsp3) is 0.562. The largest absolute Gasteiger partial charge is 0.491 e. The molecule has 0 radical (unpaired) electrons. The number of benzene rings is 1. The zero-order valence-corrected chi connectivity index (χ0v) is 13.4. The summed E-state index contributed by atoms with van der Waals surface area (Å²) in [5, 5.41) is 12.3. The summed E-state index contributed by atoms with van der Waals surface area (Å²) in [6.07, 6.45) is -5.14. The zero-order valence-electron chi connectivity index (χ0n) is 13.4. The van der Waals surface area contributed by atoms with Crippen molar-refractivity contribution in [3.05, 3.63) is 29.8 Å². The minimum atomic E-state index is -4.45. The molecule has 4 nitrogen and oxygen atoms in total. The second kappa shape index (κ2) is 7.68. The number of aliphatic hydroxyl groups is 1. The van der Waals surface area contributed by atoms with Gasteiger partial charge in [0, 0.05) is 13.0 Å². The van der Waals surface area contributed by atoms with Gasteiger partial charge in [0.1, 0.15) is 18.5 Å². The van der Waals surface area contributed by atoms with Crippen LogP contribution in [0.15, 0.2) is 24.3 Å². The first-order valence-electron chi connectivity index (χ1n) is 7.22. The molecular weight excluding hydrogens is 311 g/mol. The summed E-state index contributed by atoms with van der Waals surface area (Å²) < 4.78 is 42.8. The third kappa shape index (κ3) is 7.88. The van der Waals surface area contributed by atoms with E-state index in [0.717, 1.165) is 12.1 Å². The minimum absolute atomic E-state index is 0.0138. The summed E-state index contributed by atoms with van der Waals surface area (Å²) in [6, 6.07) is 4.41. The van der Waals surface area contributed by atoms with Crippen LogP contribution in [-0.4, -0.2) is 30.3 Å². The molecule has 2 N–H and O–H groups in total. The van der Waals surface area contributed by atoms with Crippen LogP contribution < -0.4 is 10.1 Å². The van der Waals surface area contributed by atoms with E-state index in [4.69, 9.17) is 4.74 Å². The summed E-state index contributed by atoms with van der Waals surface area (Å²) in [7, 11) is 0. The molecule has 1 unspecified atom stereocenters. The SMILES string of the molecule is CC(C)(C)CC(=O)NCC(O)COc1cccc(C(F)(F)F)c1. The van der Waals surface area contributed by atoms with Gasteiger partial charge in [0.25, 0.3) is 0 Å². The Morgan fingerprint density at radius 2 is 1.96 bits per heavy atom. The maximum absolute atomic E-state index is 12.6. The molecule has 0 heterocycles.